The third kappa shape index (κ3) is 3.05. The van der Waals surface area contributed by atoms with Crippen LogP contribution in [0, 0.1) is 6.92 Å². The van der Waals surface area contributed by atoms with E-state index in [1.807, 2.05) is 42.6 Å². The molecule has 0 spiro atoms. The molecular formula is C14H14N2OS. The predicted octanol–water partition coefficient (Wildman–Crippen LogP) is 3.13. The van der Waals surface area contributed by atoms with Crippen LogP contribution in [0.4, 0.5) is 5.69 Å². The maximum absolute atomic E-state index is 11.9. The number of para-hydroxylation sites is 1. The minimum atomic E-state index is -0.0631. The molecular weight excluding hydrogens is 244 g/mol. The number of likely N-dealkylation sites (N-methyl/N-ethyl adjacent to an activating group) is 1. The molecule has 3 nitrogen and oxygen atoms in total. The minimum absolute atomic E-state index is 0.0631. The molecule has 0 aliphatic carbocycles. The molecule has 0 bridgehead atoms. The third-order valence-corrected chi connectivity index (χ3v) is 3.30. The summed E-state index contributed by atoms with van der Waals surface area (Å²) in [5.74, 6) is -0.0631. The number of benzene rings is 1. The van der Waals surface area contributed by atoms with Crippen LogP contribution in [0.2, 0.25) is 0 Å². The summed E-state index contributed by atoms with van der Waals surface area (Å²) in [6.07, 6.45) is 3.28. The molecule has 1 aromatic heterocycles. The number of aromatic nitrogens is 1. The van der Waals surface area contributed by atoms with Gasteiger partial charge in [-0.05, 0) is 25.1 Å². The molecule has 0 atom stereocenters. The summed E-state index contributed by atoms with van der Waals surface area (Å²) in [5, 5.41) is 2.93. The molecule has 2 aromatic rings. The molecule has 4 heteroatoms. The third-order valence-electron chi connectivity index (χ3n) is 2.51. The first-order chi connectivity index (χ1) is 8.66. The highest BCUT2D eigenvalue weighted by Crippen LogP contribution is 2.13. The van der Waals surface area contributed by atoms with Crippen molar-refractivity contribution in [3.05, 3.63) is 52.5 Å². The summed E-state index contributed by atoms with van der Waals surface area (Å²) in [6, 6.07) is 9.55. The number of aryl methyl sites for hydroxylation is 1. The molecule has 0 N–H and O–H groups in total. The highest BCUT2D eigenvalue weighted by Gasteiger charge is 2.06. The Balaban J connectivity index is 2.06. The summed E-state index contributed by atoms with van der Waals surface area (Å²) >= 11 is 1.57. The van der Waals surface area contributed by atoms with Crippen molar-refractivity contribution in [3.8, 4) is 0 Å². The van der Waals surface area contributed by atoms with Crippen LogP contribution >= 0.6 is 11.3 Å². The number of carbonyl (C=O) groups excluding carboxylic acids is 1. The normalized spacial score (nSPS) is 10.8. The number of carbonyl (C=O) groups is 1. The van der Waals surface area contributed by atoms with E-state index in [1.54, 1.807) is 35.4 Å². The lowest BCUT2D eigenvalue weighted by atomic mass is 10.3. The zero-order valence-electron chi connectivity index (χ0n) is 10.3. The van der Waals surface area contributed by atoms with Crippen LogP contribution in [-0.4, -0.2) is 17.9 Å². The fourth-order valence-electron chi connectivity index (χ4n) is 1.50. The molecule has 2 rings (SSSR count). The number of hydrogen-bond donors (Lipinski definition) is 0. The van der Waals surface area contributed by atoms with Crippen LogP contribution in [0.25, 0.3) is 6.08 Å². The van der Waals surface area contributed by atoms with E-state index in [9.17, 15) is 4.79 Å². The quantitative estimate of drug-likeness (QED) is 0.792. The van der Waals surface area contributed by atoms with Crippen molar-refractivity contribution in [1.82, 2.24) is 4.98 Å². The molecule has 1 heterocycles. The van der Waals surface area contributed by atoms with Crippen molar-refractivity contribution < 1.29 is 4.79 Å². The summed E-state index contributed by atoms with van der Waals surface area (Å²) in [6.45, 7) is 1.94. The first-order valence-corrected chi connectivity index (χ1v) is 6.48. The summed E-state index contributed by atoms with van der Waals surface area (Å²) in [4.78, 5) is 17.8. The van der Waals surface area contributed by atoms with Gasteiger partial charge in [-0.2, -0.15) is 0 Å². The maximum Gasteiger partial charge on any atom is 0.250 e. The second-order valence-corrected chi connectivity index (χ2v) is 4.92. The van der Waals surface area contributed by atoms with Crippen molar-refractivity contribution in [3.63, 3.8) is 0 Å². The number of hydrogen-bond acceptors (Lipinski definition) is 3. The highest BCUT2D eigenvalue weighted by molar-refractivity contribution is 7.09. The fourth-order valence-corrected chi connectivity index (χ4v) is 2.08. The van der Waals surface area contributed by atoms with E-state index in [-0.39, 0.29) is 5.91 Å². The van der Waals surface area contributed by atoms with Gasteiger partial charge in [0.05, 0.1) is 10.7 Å². The molecule has 0 saturated carbocycles. The van der Waals surface area contributed by atoms with Crippen LogP contribution < -0.4 is 4.90 Å². The van der Waals surface area contributed by atoms with Crippen LogP contribution in [-0.2, 0) is 4.79 Å². The Morgan fingerprint density at radius 1 is 1.33 bits per heavy atom. The van der Waals surface area contributed by atoms with Crippen molar-refractivity contribution in [2.24, 2.45) is 0 Å². The SMILES string of the molecule is Cc1nc(/C=C/C(=O)N(C)c2ccccc2)cs1. The summed E-state index contributed by atoms with van der Waals surface area (Å²) < 4.78 is 0. The Morgan fingerprint density at radius 3 is 2.67 bits per heavy atom. The Kier molecular flexibility index (Phi) is 3.89. The average Bonchev–Trinajstić information content (AvgIpc) is 2.82. The second-order valence-electron chi connectivity index (χ2n) is 3.86. The van der Waals surface area contributed by atoms with Crippen LogP contribution in [0.15, 0.2) is 41.8 Å². The first-order valence-electron chi connectivity index (χ1n) is 5.60. The van der Waals surface area contributed by atoms with Crippen molar-refractivity contribution >= 4 is 29.0 Å². The number of thiazole rings is 1. The van der Waals surface area contributed by atoms with Gasteiger partial charge in [0.25, 0.3) is 5.91 Å². The van der Waals surface area contributed by atoms with Crippen LogP contribution in [0.3, 0.4) is 0 Å². The molecule has 0 radical (unpaired) electrons. The van der Waals surface area contributed by atoms with Gasteiger partial charge in [-0.1, -0.05) is 18.2 Å². The lowest BCUT2D eigenvalue weighted by Crippen LogP contribution is -2.23. The number of anilines is 1. The van der Waals surface area contributed by atoms with Gasteiger partial charge in [-0.3, -0.25) is 4.79 Å². The van der Waals surface area contributed by atoms with E-state index in [0.29, 0.717) is 0 Å². The predicted molar refractivity (Wildman–Crippen MR) is 75.7 cm³/mol. The molecule has 1 amide bonds. The van der Waals surface area contributed by atoms with E-state index in [4.69, 9.17) is 0 Å². The van der Waals surface area contributed by atoms with Crippen molar-refractivity contribution in [2.75, 3.05) is 11.9 Å². The second kappa shape index (κ2) is 5.60. The monoisotopic (exact) mass is 258 g/mol. The molecule has 1 aromatic carbocycles. The molecule has 0 saturated heterocycles. The van der Waals surface area contributed by atoms with Gasteiger partial charge in [0, 0.05) is 24.2 Å². The van der Waals surface area contributed by atoms with Crippen LogP contribution in [0.1, 0.15) is 10.7 Å². The van der Waals surface area contributed by atoms with E-state index in [2.05, 4.69) is 4.98 Å². The lowest BCUT2D eigenvalue weighted by molar-refractivity contribution is -0.113. The van der Waals surface area contributed by atoms with E-state index in [0.717, 1.165) is 16.4 Å². The maximum atomic E-state index is 11.9. The number of nitrogens with zero attached hydrogens (tertiary/aromatic N) is 2. The van der Waals surface area contributed by atoms with Gasteiger partial charge in [0.2, 0.25) is 0 Å². The minimum Gasteiger partial charge on any atom is -0.312 e. The Bertz CT molecular complexity index is 560. The zero-order chi connectivity index (χ0) is 13.0. The van der Waals surface area contributed by atoms with Crippen molar-refractivity contribution in [2.45, 2.75) is 6.92 Å². The Hall–Kier alpha value is -1.94. The molecule has 0 aliphatic heterocycles. The largest absolute Gasteiger partial charge is 0.312 e. The van der Waals surface area contributed by atoms with Gasteiger partial charge >= 0.3 is 0 Å². The van der Waals surface area contributed by atoms with Gasteiger partial charge in [-0.25, -0.2) is 4.98 Å². The van der Waals surface area contributed by atoms with Crippen LogP contribution in [0.5, 0.6) is 0 Å². The standard InChI is InChI=1S/C14H14N2OS/c1-11-15-12(10-18-11)8-9-14(17)16(2)13-6-4-3-5-7-13/h3-10H,1-2H3/b9-8+. The van der Waals surface area contributed by atoms with E-state index < -0.39 is 0 Å². The summed E-state index contributed by atoms with van der Waals surface area (Å²) in [5.41, 5.74) is 1.70. The zero-order valence-corrected chi connectivity index (χ0v) is 11.1. The fraction of sp³-hybridized carbons (Fsp3) is 0.143. The molecule has 18 heavy (non-hydrogen) atoms. The van der Waals surface area contributed by atoms with Gasteiger partial charge in [0.15, 0.2) is 0 Å². The average molecular weight is 258 g/mol. The van der Waals surface area contributed by atoms with Crippen molar-refractivity contribution in [1.29, 1.82) is 0 Å². The number of rotatable bonds is 3. The topological polar surface area (TPSA) is 33.2 Å². The smallest absolute Gasteiger partial charge is 0.250 e. The summed E-state index contributed by atoms with van der Waals surface area (Å²) in [7, 11) is 1.76. The number of amides is 1. The van der Waals surface area contributed by atoms with E-state index >= 15 is 0 Å². The van der Waals surface area contributed by atoms with Gasteiger partial charge in [0.1, 0.15) is 0 Å². The molecule has 0 fully saturated rings. The molecule has 0 unspecified atom stereocenters. The molecule has 92 valence electrons. The highest BCUT2D eigenvalue weighted by atomic mass is 32.1. The Labute approximate surface area is 110 Å². The lowest BCUT2D eigenvalue weighted by Gasteiger charge is -2.14. The van der Waals surface area contributed by atoms with Gasteiger partial charge in [-0.15, -0.1) is 11.3 Å². The van der Waals surface area contributed by atoms with E-state index in [1.165, 1.54) is 0 Å². The Morgan fingerprint density at radius 2 is 2.06 bits per heavy atom. The van der Waals surface area contributed by atoms with Gasteiger partial charge < -0.3 is 4.90 Å². The molecule has 0 aliphatic rings. The first kappa shape index (κ1) is 12.5.